The zero-order valence-electron chi connectivity index (χ0n) is 12.4. The molecule has 2 rings (SSSR count). The number of hydrogen-bond donors (Lipinski definition) is 1. The van der Waals surface area contributed by atoms with Crippen LogP contribution in [0.15, 0.2) is 42.5 Å². The summed E-state index contributed by atoms with van der Waals surface area (Å²) in [7, 11) is 0. The predicted octanol–water partition coefficient (Wildman–Crippen LogP) is 4.33. The van der Waals surface area contributed by atoms with E-state index >= 15 is 0 Å². The Kier molecular flexibility index (Phi) is 4.80. The first-order chi connectivity index (χ1) is 9.60. The van der Waals surface area contributed by atoms with Crippen molar-refractivity contribution in [3.8, 4) is 5.75 Å². The number of aliphatic hydroxyl groups excluding tert-OH is 1. The minimum atomic E-state index is -0.417. The standard InChI is InChI=1S/C18H22O2/c1-4-18(19)15-6-5-7-17(11-15)20-12-16-10-13(2)8-9-14(16)3/h5-11,18-19H,4,12H2,1-3H3. The number of aryl methyl sites for hydroxylation is 2. The van der Waals surface area contributed by atoms with Crippen molar-refractivity contribution in [3.05, 3.63) is 64.7 Å². The molecule has 2 nitrogen and oxygen atoms in total. The molecule has 0 spiro atoms. The fourth-order valence-corrected chi connectivity index (χ4v) is 2.16. The Hall–Kier alpha value is -1.80. The Morgan fingerprint density at radius 1 is 1.10 bits per heavy atom. The monoisotopic (exact) mass is 270 g/mol. The second-order valence-electron chi connectivity index (χ2n) is 5.22. The van der Waals surface area contributed by atoms with Crippen molar-refractivity contribution in [2.75, 3.05) is 0 Å². The molecule has 2 aromatic rings. The maximum Gasteiger partial charge on any atom is 0.120 e. The van der Waals surface area contributed by atoms with Gasteiger partial charge in [0.2, 0.25) is 0 Å². The molecule has 0 bridgehead atoms. The molecule has 0 saturated carbocycles. The van der Waals surface area contributed by atoms with Crippen molar-refractivity contribution in [1.82, 2.24) is 0 Å². The van der Waals surface area contributed by atoms with E-state index in [-0.39, 0.29) is 0 Å². The van der Waals surface area contributed by atoms with Crippen molar-refractivity contribution < 1.29 is 9.84 Å². The average Bonchev–Trinajstić information content (AvgIpc) is 2.47. The summed E-state index contributed by atoms with van der Waals surface area (Å²) in [6.07, 6.45) is 0.291. The minimum Gasteiger partial charge on any atom is -0.489 e. The zero-order valence-corrected chi connectivity index (χ0v) is 12.4. The lowest BCUT2D eigenvalue weighted by atomic mass is 10.1. The quantitative estimate of drug-likeness (QED) is 0.876. The molecule has 0 aromatic heterocycles. The third-order valence-electron chi connectivity index (χ3n) is 3.53. The maximum absolute atomic E-state index is 9.86. The van der Waals surface area contributed by atoms with Gasteiger partial charge in [-0.2, -0.15) is 0 Å². The molecule has 106 valence electrons. The van der Waals surface area contributed by atoms with Crippen LogP contribution in [0.25, 0.3) is 0 Å². The molecule has 0 aliphatic heterocycles. The topological polar surface area (TPSA) is 29.5 Å². The molecule has 2 aromatic carbocycles. The molecule has 2 heteroatoms. The third kappa shape index (κ3) is 3.61. The molecular weight excluding hydrogens is 248 g/mol. The first-order valence-electron chi connectivity index (χ1n) is 7.07. The summed E-state index contributed by atoms with van der Waals surface area (Å²) in [6.45, 7) is 6.70. The summed E-state index contributed by atoms with van der Waals surface area (Å²) in [4.78, 5) is 0. The number of benzene rings is 2. The van der Waals surface area contributed by atoms with Crippen LogP contribution >= 0.6 is 0 Å². The van der Waals surface area contributed by atoms with Crippen molar-refractivity contribution in [3.63, 3.8) is 0 Å². The van der Waals surface area contributed by atoms with E-state index in [1.54, 1.807) is 0 Å². The average molecular weight is 270 g/mol. The highest BCUT2D eigenvalue weighted by Gasteiger charge is 2.06. The van der Waals surface area contributed by atoms with Crippen molar-refractivity contribution in [2.24, 2.45) is 0 Å². The first-order valence-corrected chi connectivity index (χ1v) is 7.07. The van der Waals surface area contributed by atoms with Crippen molar-refractivity contribution >= 4 is 0 Å². The van der Waals surface area contributed by atoms with E-state index in [0.29, 0.717) is 13.0 Å². The molecule has 1 unspecified atom stereocenters. The number of rotatable bonds is 5. The van der Waals surface area contributed by atoms with Crippen LogP contribution in [0.3, 0.4) is 0 Å². The van der Waals surface area contributed by atoms with Gasteiger partial charge in [-0.25, -0.2) is 0 Å². The van der Waals surface area contributed by atoms with Crippen molar-refractivity contribution in [2.45, 2.75) is 39.9 Å². The summed E-state index contributed by atoms with van der Waals surface area (Å²) < 4.78 is 5.85. The lowest BCUT2D eigenvalue weighted by molar-refractivity contribution is 0.173. The molecule has 0 fully saturated rings. The van der Waals surface area contributed by atoms with Crippen LogP contribution < -0.4 is 4.74 Å². The van der Waals surface area contributed by atoms with Gasteiger partial charge in [0, 0.05) is 0 Å². The van der Waals surface area contributed by atoms with E-state index < -0.39 is 6.10 Å². The van der Waals surface area contributed by atoms with Gasteiger partial charge in [-0.15, -0.1) is 0 Å². The second kappa shape index (κ2) is 6.58. The van der Waals surface area contributed by atoms with Crippen LogP contribution in [0, 0.1) is 13.8 Å². The highest BCUT2D eigenvalue weighted by atomic mass is 16.5. The fourth-order valence-electron chi connectivity index (χ4n) is 2.16. The van der Waals surface area contributed by atoms with E-state index in [1.165, 1.54) is 16.7 Å². The number of hydrogen-bond acceptors (Lipinski definition) is 2. The fraction of sp³-hybridized carbons (Fsp3) is 0.333. The first kappa shape index (κ1) is 14.6. The molecule has 0 amide bonds. The largest absolute Gasteiger partial charge is 0.489 e. The van der Waals surface area contributed by atoms with Crippen LogP contribution in [-0.2, 0) is 6.61 Å². The zero-order chi connectivity index (χ0) is 14.5. The minimum absolute atomic E-state index is 0.417. The lowest BCUT2D eigenvalue weighted by Gasteiger charge is -2.12. The highest BCUT2D eigenvalue weighted by molar-refractivity contribution is 5.32. The van der Waals surface area contributed by atoms with Gasteiger partial charge >= 0.3 is 0 Å². The van der Waals surface area contributed by atoms with Crippen LogP contribution in [0.4, 0.5) is 0 Å². The maximum atomic E-state index is 9.86. The van der Waals surface area contributed by atoms with E-state index in [4.69, 9.17) is 4.74 Å². The summed E-state index contributed by atoms with van der Waals surface area (Å²) >= 11 is 0. The molecule has 0 aliphatic carbocycles. The summed E-state index contributed by atoms with van der Waals surface area (Å²) in [6, 6.07) is 14.1. The van der Waals surface area contributed by atoms with Crippen LogP contribution in [0.2, 0.25) is 0 Å². The molecule has 0 radical (unpaired) electrons. The SMILES string of the molecule is CCC(O)c1cccc(OCc2cc(C)ccc2C)c1. The van der Waals surface area contributed by atoms with E-state index in [1.807, 2.05) is 31.2 Å². The smallest absolute Gasteiger partial charge is 0.120 e. The molecule has 20 heavy (non-hydrogen) atoms. The van der Waals surface area contributed by atoms with Crippen LogP contribution in [-0.4, -0.2) is 5.11 Å². The molecule has 0 heterocycles. The lowest BCUT2D eigenvalue weighted by Crippen LogP contribution is -2.00. The molecule has 0 saturated heterocycles. The van der Waals surface area contributed by atoms with Gasteiger partial charge in [0.05, 0.1) is 6.10 Å². The van der Waals surface area contributed by atoms with Gasteiger partial charge in [-0.3, -0.25) is 0 Å². The summed E-state index contributed by atoms with van der Waals surface area (Å²) in [5.41, 5.74) is 4.59. The molecule has 0 aliphatic rings. The Balaban J connectivity index is 2.09. The Morgan fingerprint density at radius 3 is 2.65 bits per heavy atom. The predicted molar refractivity (Wildman–Crippen MR) is 81.9 cm³/mol. The molecule has 1 atom stereocenters. The van der Waals surface area contributed by atoms with Crippen LogP contribution in [0.1, 0.15) is 41.7 Å². The highest BCUT2D eigenvalue weighted by Crippen LogP contribution is 2.22. The number of aliphatic hydroxyl groups is 1. The van der Waals surface area contributed by atoms with Gasteiger partial charge in [0.1, 0.15) is 12.4 Å². The van der Waals surface area contributed by atoms with Crippen molar-refractivity contribution in [1.29, 1.82) is 0 Å². The Labute approximate surface area is 121 Å². The van der Waals surface area contributed by atoms with E-state index in [2.05, 4.69) is 32.0 Å². The molecule has 1 N–H and O–H groups in total. The number of ether oxygens (including phenoxy) is 1. The third-order valence-corrected chi connectivity index (χ3v) is 3.53. The summed E-state index contributed by atoms with van der Waals surface area (Å²) in [5, 5.41) is 9.86. The summed E-state index contributed by atoms with van der Waals surface area (Å²) in [5.74, 6) is 0.802. The molecular formula is C18H22O2. The van der Waals surface area contributed by atoms with Gasteiger partial charge in [-0.1, -0.05) is 42.8 Å². The van der Waals surface area contributed by atoms with E-state index in [9.17, 15) is 5.11 Å². The van der Waals surface area contributed by atoms with E-state index in [0.717, 1.165) is 11.3 Å². The van der Waals surface area contributed by atoms with Gasteiger partial charge in [-0.05, 0) is 49.1 Å². The van der Waals surface area contributed by atoms with Gasteiger partial charge in [0.25, 0.3) is 0 Å². The normalized spacial score (nSPS) is 12.2. The van der Waals surface area contributed by atoms with Gasteiger partial charge in [0.15, 0.2) is 0 Å². The second-order valence-corrected chi connectivity index (χ2v) is 5.22. The van der Waals surface area contributed by atoms with Gasteiger partial charge < -0.3 is 9.84 Å². The van der Waals surface area contributed by atoms with Crippen LogP contribution in [0.5, 0.6) is 5.75 Å². The Morgan fingerprint density at radius 2 is 1.90 bits per heavy atom. The Bertz CT molecular complexity index is 575.